The molecule has 0 saturated heterocycles. The second kappa shape index (κ2) is 9.22. The minimum Gasteiger partial charge on any atom is -0.308 e. The Bertz CT molecular complexity index is 925. The molecule has 4 nitrogen and oxygen atoms in total. The largest absolute Gasteiger partial charge is 0.325 e. The van der Waals surface area contributed by atoms with Crippen molar-refractivity contribution in [2.75, 3.05) is 10.6 Å². The number of hydrogen-bond acceptors (Lipinski definition) is 3. The van der Waals surface area contributed by atoms with Gasteiger partial charge < -0.3 is 5.32 Å². The van der Waals surface area contributed by atoms with E-state index in [0.29, 0.717) is 20.9 Å². The van der Waals surface area contributed by atoms with Gasteiger partial charge in [0.2, 0.25) is 0 Å². The van der Waals surface area contributed by atoms with Crippen LogP contribution in [0.5, 0.6) is 0 Å². The molecule has 1 aromatic heterocycles. The quantitative estimate of drug-likeness (QED) is 0.447. The zero-order chi connectivity index (χ0) is 19.2. The molecule has 0 atom stereocenters. The van der Waals surface area contributed by atoms with Gasteiger partial charge in [-0.2, -0.15) is 0 Å². The zero-order valence-corrected chi connectivity index (χ0v) is 17.1. The van der Waals surface area contributed by atoms with Gasteiger partial charge in [-0.15, -0.1) is 11.3 Å². The fraction of sp³-hybridized carbons (Fsp3) is 0.200. The summed E-state index contributed by atoms with van der Waals surface area (Å²) in [6, 6.07) is 12.9. The Morgan fingerprint density at radius 1 is 1.07 bits per heavy atom. The lowest BCUT2D eigenvalue weighted by Gasteiger charge is -2.06. The standard InChI is InChI=1S/C20H19Cl2N3OS/c1-2-3-4-13-5-7-14(8-6-13)18-12-27-20(24-18)25-19(26)23-15-9-10-16(21)17(22)11-15/h5-12H,2-4H2,1H3,(H2,23,24,25,26). The predicted molar refractivity (Wildman–Crippen MR) is 115 cm³/mol. The van der Waals surface area contributed by atoms with E-state index in [2.05, 4.69) is 46.8 Å². The van der Waals surface area contributed by atoms with E-state index >= 15 is 0 Å². The van der Waals surface area contributed by atoms with Crippen molar-refractivity contribution < 1.29 is 4.79 Å². The molecular weight excluding hydrogens is 401 g/mol. The highest BCUT2D eigenvalue weighted by atomic mass is 35.5. The first-order valence-electron chi connectivity index (χ1n) is 8.63. The summed E-state index contributed by atoms with van der Waals surface area (Å²) in [4.78, 5) is 16.6. The molecule has 3 rings (SSSR count). The minimum atomic E-state index is -0.385. The predicted octanol–water partition coefficient (Wildman–Crippen LogP) is 7.10. The molecule has 2 N–H and O–H groups in total. The average Bonchev–Trinajstić information content (AvgIpc) is 3.11. The summed E-state index contributed by atoms with van der Waals surface area (Å²) in [5.41, 5.74) is 3.76. The van der Waals surface area contributed by atoms with Gasteiger partial charge in [-0.05, 0) is 36.6 Å². The van der Waals surface area contributed by atoms with Crippen LogP contribution in [-0.4, -0.2) is 11.0 Å². The van der Waals surface area contributed by atoms with Gasteiger partial charge in [0.1, 0.15) is 0 Å². The zero-order valence-electron chi connectivity index (χ0n) is 14.8. The SMILES string of the molecule is CCCCc1ccc(-c2csc(NC(=O)Nc3ccc(Cl)c(Cl)c3)n2)cc1. The molecule has 140 valence electrons. The molecule has 0 aliphatic carbocycles. The number of nitrogens with one attached hydrogen (secondary N) is 2. The van der Waals surface area contributed by atoms with Crippen molar-refractivity contribution >= 4 is 51.4 Å². The minimum absolute atomic E-state index is 0.383. The highest BCUT2D eigenvalue weighted by Gasteiger charge is 2.09. The fourth-order valence-corrected chi connectivity index (χ4v) is 3.53. The molecule has 0 fully saturated rings. The Hall–Kier alpha value is -2.08. The molecule has 27 heavy (non-hydrogen) atoms. The molecule has 0 bridgehead atoms. The van der Waals surface area contributed by atoms with Crippen LogP contribution in [0.4, 0.5) is 15.6 Å². The average molecular weight is 420 g/mol. The van der Waals surface area contributed by atoms with Crippen molar-refractivity contribution in [2.24, 2.45) is 0 Å². The van der Waals surface area contributed by atoms with Crippen LogP contribution in [0.1, 0.15) is 25.3 Å². The molecule has 3 aromatic rings. The topological polar surface area (TPSA) is 54.0 Å². The number of hydrogen-bond donors (Lipinski definition) is 2. The molecule has 0 aliphatic heterocycles. The highest BCUT2D eigenvalue weighted by molar-refractivity contribution is 7.14. The number of nitrogens with zero attached hydrogens (tertiary/aromatic N) is 1. The number of halogens is 2. The summed E-state index contributed by atoms with van der Waals surface area (Å²) in [6.07, 6.45) is 3.47. The maximum atomic E-state index is 12.1. The number of aromatic nitrogens is 1. The third kappa shape index (κ3) is 5.45. The van der Waals surface area contributed by atoms with E-state index < -0.39 is 0 Å². The van der Waals surface area contributed by atoms with Crippen molar-refractivity contribution in [1.29, 1.82) is 0 Å². The molecule has 1 heterocycles. The number of carbonyl (C=O) groups is 1. The van der Waals surface area contributed by atoms with Gasteiger partial charge in [0.05, 0.1) is 15.7 Å². The number of amides is 2. The van der Waals surface area contributed by atoms with Crippen molar-refractivity contribution in [1.82, 2.24) is 4.98 Å². The smallest absolute Gasteiger partial charge is 0.308 e. The van der Waals surface area contributed by atoms with Gasteiger partial charge in [0.15, 0.2) is 5.13 Å². The Balaban J connectivity index is 1.61. The van der Waals surface area contributed by atoms with Crippen LogP contribution in [0.2, 0.25) is 10.0 Å². The van der Waals surface area contributed by atoms with Crippen molar-refractivity contribution in [3.8, 4) is 11.3 Å². The van der Waals surface area contributed by atoms with E-state index in [0.717, 1.165) is 17.7 Å². The fourth-order valence-electron chi connectivity index (χ4n) is 2.52. The van der Waals surface area contributed by atoms with Gasteiger partial charge in [0.25, 0.3) is 0 Å². The van der Waals surface area contributed by atoms with Crippen LogP contribution < -0.4 is 10.6 Å². The summed E-state index contributed by atoms with van der Waals surface area (Å²) in [5.74, 6) is 0. The molecule has 2 amide bonds. The van der Waals surface area contributed by atoms with Gasteiger partial charge in [-0.25, -0.2) is 9.78 Å². The number of urea groups is 1. The molecule has 0 saturated carbocycles. The molecule has 0 unspecified atom stereocenters. The Morgan fingerprint density at radius 3 is 2.56 bits per heavy atom. The molecule has 0 aliphatic rings. The number of aryl methyl sites for hydroxylation is 1. The van der Waals surface area contributed by atoms with E-state index in [1.54, 1.807) is 18.2 Å². The summed E-state index contributed by atoms with van der Waals surface area (Å²) in [6.45, 7) is 2.19. The van der Waals surface area contributed by atoms with Gasteiger partial charge in [-0.3, -0.25) is 5.32 Å². The second-order valence-electron chi connectivity index (χ2n) is 6.05. The van der Waals surface area contributed by atoms with Crippen LogP contribution in [0, 0.1) is 0 Å². The molecular formula is C20H19Cl2N3OS. The first kappa shape index (κ1) is 19.7. The van der Waals surface area contributed by atoms with Gasteiger partial charge >= 0.3 is 6.03 Å². The normalized spacial score (nSPS) is 10.6. The third-order valence-electron chi connectivity index (χ3n) is 3.97. The van der Waals surface area contributed by atoms with Crippen LogP contribution in [0.25, 0.3) is 11.3 Å². The Kier molecular flexibility index (Phi) is 6.72. The number of thiazole rings is 1. The van der Waals surface area contributed by atoms with E-state index in [4.69, 9.17) is 23.2 Å². The monoisotopic (exact) mass is 419 g/mol. The van der Waals surface area contributed by atoms with E-state index in [-0.39, 0.29) is 6.03 Å². The molecule has 2 aromatic carbocycles. The van der Waals surface area contributed by atoms with Crippen molar-refractivity contribution in [3.63, 3.8) is 0 Å². The summed E-state index contributed by atoms with van der Waals surface area (Å²) in [7, 11) is 0. The maximum Gasteiger partial charge on any atom is 0.325 e. The molecule has 0 spiro atoms. The Labute approximate surface area is 172 Å². The second-order valence-corrected chi connectivity index (χ2v) is 7.72. The third-order valence-corrected chi connectivity index (χ3v) is 5.47. The van der Waals surface area contributed by atoms with Crippen molar-refractivity contribution in [3.05, 3.63) is 63.5 Å². The summed E-state index contributed by atoms with van der Waals surface area (Å²) >= 11 is 13.2. The maximum absolute atomic E-state index is 12.1. The van der Waals surface area contributed by atoms with Gasteiger partial charge in [0, 0.05) is 16.6 Å². The van der Waals surface area contributed by atoms with Crippen molar-refractivity contribution in [2.45, 2.75) is 26.2 Å². The first-order chi connectivity index (χ1) is 13.0. The molecule has 0 radical (unpaired) electrons. The lowest BCUT2D eigenvalue weighted by atomic mass is 10.1. The Morgan fingerprint density at radius 2 is 1.85 bits per heavy atom. The summed E-state index contributed by atoms with van der Waals surface area (Å²) in [5, 5.41) is 8.72. The van der Waals surface area contributed by atoms with Crippen LogP contribution in [-0.2, 0) is 6.42 Å². The van der Waals surface area contributed by atoms with E-state index in [1.165, 1.54) is 29.7 Å². The number of anilines is 2. The molecule has 7 heteroatoms. The lowest BCUT2D eigenvalue weighted by Crippen LogP contribution is -2.19. The van der Waals surface area contributed by atoms with E-state index in [9.17, 15) is 4.79 Å². The van der Waals surface area contributed by atoms with Crippen LogP contribution >= 0.6 is 34.5 Å². The van der Waals surface area contributed by atoms with Crippen LogP contribution in [0.3, 0.4) is 0 Å². The highest BCUT2D eigenvalue weighted by Crippen LogP contribution is 2.27. The summed E-state index contributed by atoms with van der Waals surface area (Å²) < 4.78 is 0. The number of rotatable bonds is 6. The van der Waals surface area contributed by atoms with Crippen LogP contribution in [0.15, 0.2) is 47.8 Å². The van der Waals surface area contributed by atoms with E-state index in [1.807, 2.05) is 5.38 Å². The number of carbonyl (C=O) groups excluding carboxylic acids is 1. The van der Waals surface area contributed by atoms with Gasteiger partial charge in [-0.1, -0.05) is 60.8 Å². The number of unbranched alkanes of at least 4 members (excludes halogenated alkanes) is 1. The number of benzene rings is 2. The first-order valence-corrected chi connectivity index (χ1v) is 10.3. The lowest BCUT2D eigenvalue weighted by molar-refractivity contribution is 0.262.